The Morgan fingerprint density at radius 2 is 1.95 bits per heavy atom. The Labute approximate surface area is 161 Å². The highest BCUT2D eigenvalue weighted by atomic mass is 127. The minimum Gasteiger partial charge on any atom is -0.382 e. The van der Waals surface area contributed by atoms with Gasteiger partial charge in [0, 0.05) is 11.6 Å². The summed E-state index contributed by atoms with van der Waals surface area (Å²) >= 11 is 7.57. The number of nitrogens with two attached hydrogens (primary N) is 1. The Hall–Kier alpha value is -0.930. The van der Waals surface area contributed by atoms with Crippen LogP contribution in [0.5, 0.6) is 0 Å². The number of aromatic nitrogens is 2. The van der Waals surface area contributed by atoms with Crippen molar-refractivity contribution in [2.45, 2.75) is 0 Å². The van der Waals surface area contributed by atoms with Crippen LogP contribution in [0.25, 0.3) is 10.9 Å². The van der Waals surface area contributed by atoms with Crippen molar-refractivity contribution in [3.05, 3.63) is 53.3 Å². The van der Waals surface area contributed by atoms with Crippen molar-refractivity contribution in [2.24, 2.45) is 0 Å². The molecule has 0 aliphatic carbocycles. The van der Waals surface area contributed by atoms with E-state index in [4.69, 9.17) is 11.0 Å². The van der Waals surface area contributed by atoms with Gasteiger partial charge in [0.15, 0.2) is 5.82 Å². The van der Waals surface area contributed by atoms with E-state index in [2.05, 4.69) is 48.7 Å². The summed E-state index contributed by atoms with van der Waals surface area (Å²) < 4.78 is 15.4. The van der Waals surface area contributed by atoms with Gasteiger partial charge in [-0.2, -0.15) is 10.4 Å². The van der Waals surface area contributed by atoms with Gasteiger partial charge in [-0.3, -0.25) is 5.10 Å². The van der Waals surface area contributed by atoms with E-state index in [1.54, 1.807) is 18.2 Å². The van der Waals surface area contributed by atoms with E-state index in [9.17, 15) is 4.39 Å². The first-order valence-electron chi connectivity index (χ1n) is 5.87. The Bertz CT molecular complexity index is 853. The molecule has 1 aromatic heterocycles. The zero-order chi connectivity index (χ0) is 16.3. The molecule has 3 N–H and O–H groups in total. The second kappa shape index (κ2) is 7.56. The van der Waals surface area contributed by atoms with E-state index in [0.717, 1.165) is 18.9 Å². The van der Waals surface area contributed by atoms with Crippen LogP contribution in [0.1, 0.15) is 5.56 Å². The van der Waals surface area contributed by atoms with Crippen LogP contribution in [0.2, 0.25) is 0 Å². The van der Waals surface area contributed by atoms with Crippen molar-refractivity contribution >= 4 is 77.8 Å². The number of nitrogens with one attached hydrogen (secondary N) is 1. The molecule has 0 spiro atoms. The summed E-state index contributed by atoms with van der Waals surface area (Å²) in [4.78, 5) is 0. The molecule has 4 nitrogen and oxygen atoms in total. The quantitative estimate of drug-likeness (QED) is 0.372. The number of H-pyrrole nitrogens is 1. The topological polar surface area (TPSA) is 78.5 Å². The Morgan fingerprint density at radius 1 is 1.23 bits per heavy atom. The fourth-order valence-electron chi connectivity index (χ4n) is 1.69. The summed E-state index contributed by atoms with van der Waals surface area (Å²) in [6.07, 6.45) is 0. The number of hydrogen-bond donors (Lipinski definition) is 2. The van der Waals surface area contributed by atoms with Crippen molar-refractivity contribution < 1.29 is 4.39 Å². The van der Waals surface area contributed by atoms with Gasteiger partial charge in [-0.15, -0.1) is 0 Å². The second-order valence-corrected chi connectivity index (χ2v) is 7.28. The minimum atomic E-state index is -0.450. The van der Waals surface area contributed by atoms with E-state index in [0.29, 0.717) is 9.39 Å². The number of anilines is 1. The normalized spacial score (nSPS) is 9.95. The number of nitrogens with zero attached hydrogens (tertiary/aromatic N) is 2. The molecule has 0 aliphatic rings. The van der Waals surface area contributed by atoms with Crippen molar-refractivity contribution in [1.29, 1.82) is 5.26 Å². The molecule has 0 saturated carbocycles. The Kier molecular flexibility index (Phi) is 5.99. The Balaban J connectivity index is 0.000000164. The van der Waals surface area contributed by atoms with Crippen LogP contribution in [0.4, 0.5) is 10.2 Å². The third kappa shape index (κ3) is 3.69. The van der Waals surface area contributed by atoms with Crippen LogP contribution in [0, 0.1) is 24.3 Å². The smallest absolute Gasteiger partial charge is 0.154 e. The van der Waals surface area contributed by atoms with Gasteiger partial charge in [-0.05, 0) is 85.4 Å². The lowest BCUT2D eigenvalue weighted by Gasteiger charge is -1.95. The van der Waals surface area contributed by atoms with Crippen molar-refractivity contribution in [2.75, 3.05) is 5.73 Å². The maximum absolute atomic E-state index is 12.6. The maximum Gasteiger partial charge on any atom is 0.154 e. The number of nitriles is 1. The van der Waals surface area contributed by atoms with E-state index >= 15 is 0 Å². The van der Waals surface area contributed by atoms with Crippen LogP contribution >= 0.6 is 61.1 Å². The molecule has 112 valence electrons. The molecule has 0 atom stereocenters. The van der Waals surface area contributed by atoms with Crippen molar-refractivity contribution in [3.63, 3.8) is 0 Å². The second-order valence-electron chi connectivity index (χ2n) is 4.10. The number of rotatable bonds is 0. The van der Waals surface area contributed by atoms with Gasteiger partial charge in [-0.25, -0.2) is 4.39 Å². The molecule has 3 rings (SSSR count). The lowest BCUT2D eigenvalue weighted by atomic mass is 10.2. The zero-order valence-electron chi connectivity index (χ0n) is 10.9. The molecular formula is C14H8BrFI2N4. The number of hydrogen-bond acceptors (Lipinski definition) is 3. The van der Waals surface area contributed by atoms with E-state index in [1.807, 2.05) is 34.7 Å². The molecule has 0 bridgehead atoms. The summed E-state index contributed by atoms with van der Waals surface area (Å²) in [5, 5.41) is 16.2. The fraction of sp³-hybridized carbons (Fsp3) is 0. The largest absolute Gasteiger partial charge is 0.382 e. The van der Waals surface area contributed by atoms with E-state index in [-0.39, 0.29) is 5.56 Å². The van der Waals surface area contributed by atoms with Gasteiger partial charge < -0.3 is 5.73 Å². The molecule has 0 saturated heterocycles. The van der Waals surface area contributed by atoms with E-state index < -0.39 is 5.82 Å². The van der Waals surface area contributed by atoms with Gasteiger partial charge in [-0.1, -0.05) is 6.07 Å². The lowest BCUT2D eigenvalue weighted by molar-refractivity contribution is 0.623. The first kappa shape index (κ1) is 17.4. The SMILES string of the molecule is N#Cc1c(F)cccc1I.Nc1n[nH]c2c(Br)ccc(I)c12. The maximum atomic E-state index is 12.6. The monoisotopic (exact) mass is 584 g/mol. The minimum absolute atomic E-state index is 0.128. The summed E-state index contributed by atoms with van der Waals surface area (Å²) in [6.45, 7) is 0. The van der Waals surface area contributed by atoms with Crippen LogP contribution in [-0.4, -0.2) is 10.2 Å². The first-order chi connectivity index (χ1) is 10.5. The van der Waals surface area contributed by atoms with Gasteiger partial charge in [0.2, 0.25) is 0 Å². The highest BCUT2D eigenvalue weighted by molar-refractivity contribution is 14.1. The first-order valence-corrected chi connectivity index (χ1v) is 8.82. The molecule has 3 aromatic rings. The predicted molar refractivity (Wildman–Crippen MR) is 105 cm³/mol. The van der Waals surface area contributed by atoms with Gasteiger partial charge >= 0.3 is 0 Å². The van der Waals surface area contributed by atoms with Crippen molar-refractivity contribution in [1.82, 2.24) is 10.2 Å². The molecule has 1 heterocycles. The lowest BCUT2D eigenvalue weighted by Crippen LogP contribution is -1.85. The number of fused-ring (bicyclic) bond motifs is 1. The van der Waals surface area contributed by atoms with E-state index in [1.165, 1.54) is 6.07 Å². The molecule has 22 heavy (non-hydrogen) atoms. The van der Waals surface area contributed by atoms with Crippen LogP contribution in [0.15, 0.2) is 34.8 Å². The molecule has 0 fully saturated rings. The third-order valence-corrected chi connectivity index (χ3v) is 5.18. The van der Waals surface area contributed by atoms with Gasteiger partial charge in [0.05, 0.1) is 10.9 Å². The zero-order valence-corrected chi connectivity index (χ0v) is 16.8. The predicted octanol–water partition coefficient (Wildman–Crippen LogP) is 4.81. The summed E-state index contributed by atoms with van der Waals surface area (Å²) in [6, 6.07) is 10.3. The molecule has 2 aromatic carbocycles. The number of benzene rings is 2. The third-order valence-electron chi connectivity index (χ3n) is 2.72. The molecule has 0 aliphatic heterocycles. The molecular weight excluding hydrogens is 577 g/mol. The Morgan fingerprint density at radius 3 is 2.50 bits per heavy atom. The number of aromatic amines is 1. The highest BCUT2D eigenvalue weighted by Crippen LogP contribution is 2.29. The van der Waals surface area contributed by atoms with Crippen LogP contribution < -0.4 is 5.73 Å². The number of halogens is 4. The van der Waals surface area contributed by atoms with Gasteiger partial charge in [0.25, 0.3) is 0 Å². The van der Waals surface area contributed by atoms with Crippen LogP contribution in [-0.2, 0) is 0 Å². The summed E-state index contributed by atoms with van der Waals surface area (Å²) in [5.41, 5.74) is 6.76. The molecule has 0 amide bonds. The fourth-order valence-corrected chi connectivity index (χ4v) is 3.42. The average Bonchev–Trinajstić information content (AvgIpc) is 2.87. The molecule has 8 heteroatoms. The summed E-state index contributed by atoms with van der Waals surface area (Å²) in [5.74, 6) is 0.102. The average molecular weight is 585 g/mol. The summed E-state index contributed by atoms with van der Waals surface area (Å²) in [7, 11) is 0. The standard InChI is InChI=1S/C7H5BrIN3.C7H3FIN/c8-3-1-2-4(9)5-6(3)11-12-7(5)10;8-6-2-1-3-7(9)5(6)4-10/h1-2H,(H3,10,11,12);1-3H. The van der Waals surface area contributed by atoms with Gasteiger partial charge in [0.1, 0.15) is 17.4 Å². The van der Waals surface area contributed by atoms with Crippen LogP contribution in [0.3, 0.4) is 0 Å². The highest BCUT2D eigenvalue weighted by Gasteiger charge is 2.08. The molecule has 0 radical (unpaired) electrons. The number of nitrogen functional groups attached to an aromatic ring is 1. The van der Waals surface area contributed by atoms with Crippen molar-refractivity contribution in [3.8, 4) is 6.07 Å². The molecule has 0 unspecified atom stereocenters.